The highest BCUT2D eigenvalue weighted by molar-refractivity contribution is 8.02. The number of aryl methyl sites for hydroxylation is 1. The molecule has 0 heterocycles. The van der Waals surface area contributed by atoms with Gasteiger partial charge in [0.15, 0.2) is 0 Å². The zero-order valence-corrected chi connectivity index (χ0v) is 10.8. The van der Waals surface area contributed by atoms with E-state index in [9.17, 15) is 0 Å². The highest BCUT2D eigenvalue weighted by Gasteiger charge is 2.09. The van der Waals surface area contributed by atoms with Gasteiger partial charge in [0.25, 0.3) is 0 Å². The van der Waals surface area contributed by atoms with Gasteiger partial charge < -0.3 is 0 Å². The van der Waals surface area contributed by atoms with E-state index in [2.05, 4.69) is 49.6 Å². The van der Waals surface area contributed by atoms with Crippen molar-refractivity contribution in [2.45, 2.75) is 26.2 Å². The summed E-state index contributed by atoms with van der Waals surface area (Å²) in [6, 6.07) is 6.70. The average molecular weight is 230 g/mol. The summed E-state index contributed by atoms with van der Waals surface area (Å²) < 4.78 is 0. The van der Waals surface area contributed by atoms with Crippen LogP contribution in [-0.2, 0) is 12.8 Å². The Labute approximate surface area is 102 Å². The summed E-state index contributed by atoms with van der Waals surface area (Å²) in [5, 5.41) is 0. The second-order valence-electron chi connectivity index (χ2n) is 4.06. The number of fused-ring (bicyclic) bond motifs is 1. The fraction of sp³-hybridized carbons (Fsp3) is 0.333. The SMILES string of the molecule is C/C=C(/CCc1cccc2c1C=CC2)SC. The van der Waals surface area contributed by atoms with Crippen LogP contribution in [0.2, 0.25) is 0 Å². The minimum absolute atomic E-state index is 1.11. The molecule has 1 aromatic carbocycles. The predicted molar refractivity (Wildman–Crippen MR) is 74.8 cm³/mol. The van der Waals surface area contributed by atoms with E-state index in [0.29, 0.717) is 0 Å². The third-order valence-corrected chi connectivity index (χ3v) is 4.10. The van der Waals surface area contributed by atoms with Crippen LogP contribution in [0.15, 0.2) is 35.3 Å². The van der Waals surface area contributed by atoms with Gasteiger partial charge in [-0.15, -0.1) is 11.8 Å². The lowest BCUT2D eigenvalue weighted by atomic mass is 10.00. The number of thioether (sulfide) groups is 1. The van der Waals surface area contributed by atoms with Crippen LogP contribution >= 0.6 is 11.8 Å². The fourth-order valence-electron chi connectivity index (χ4n) is 2.20. The summed E-state index contributed by atoms with van der Waals surface area (Å²) in [4.78, 5) is 1.49. The van der Waals surface area contributed by atoms with Crippen LogP contribution < -0.4 is 0 Å². The monoisotopic (exact) mass is 230 g/mol. The third kappa shape index (κ3) is 2.41. The van der Waals surface area contributed by atoms with Gasteiger partial charge in [-0.05, 0) is 54.0 Å². The summed E-state index contributed by atoms with van der Waals surface area (Å²) in [6.07, 6.45) is 12.4. The van der Waals surface area contributed by atoms with E-state index in [1.807, 2.05) is 11.8 Å². The molecule has 0 aliphatic heterocycles. The molecule has 0 fully saturated rings. The molecule has 0 unspecified atom stereocenters. The van der Waals surface area contributed by atoms with Crippen molar-refractivity contribution >= 4 is 17.8 Å². The number of hydrogen-bond donors (Lipinski definition) is 0. The molecule has 0 N–H and O–H groups in total. The summed E-state index contributed by atoms with van der Waals surface area (Å²) in [7, 11) is 0. The van der Waals surface area contributed by atoms with Gasteiger partial charge in [-0.2, -0.15) is 0 Å². The lowest BCUT2D eigenvalue weighted by Crippen LogP contribution is -1.92. The highest BCUT2D eigenvalue weighted by atomic mass is 32.2. The smallest absolute Gasteiger partial charge is 0.00881 e. The van der Waals surface area contributed by atoms with Crippen molar-refractivity contribution in [3.63, 3.8) is 0 Å². The largest absolute Gasteiger partial charge is 0.134 e. The summed E-state index contributed by atoms with van der Waals surface area (Å²) in [5.41, 5.74) is 4.46. The Hall–Kier alpha value is -0.950. The van der Waals surface area contributed by atoms with Crippen LogP contribution in [0.3, 0.4) is 0 Å². The molecule has 0 amide bonds. The fourth-order valence-corrected chi connectivity index (χ4v) is 2.74. The molecule has 0 bridgehead atoms. The summed E-state index contributed by atoms with van der Waals surface area (Å²) in [5.74, 6) is 0. The first-order valence-corrected chi connectivity index (χ1v) is 7.04. The standard InChI is InChI=1S/C15H18S/c1-3-14(16-2)11-10-13-7-4-6-12-8-5-9-15(12)13/h3-7,9H,8,10-11H2,1-2H3/b14-3-. The van der Waals surface area contributed by atoms with Crippen LogP contribution in [0.25, 0.3) is 6.08 Å². The maximum absolute atomic E-state index is 2.28. The first-order valence-electron chi connectivity index (χ1n) is 5.81. The molecule has 16 heavy (non-hydrogen) atoms. The van der Waals surface area contributed by atoms with E-state index in [1.54, 1.807) is 0 Å². The minimum atomic E-state index is 1.11. The molecule has 84 valence electrons. The van der Waals surface area contributed by atoms with Crippen molar-refractivity contribution in [2.75, 3.05) is 6.26 Å². The normalized spacial score (nSPS) is 14.2. The van der Waals surface area contributed by atoms with Crippen molar-refractivity contribution in [3.8, 4) is 0 Å². The van der Waals surface area contributed by atoms with Crippen LogP contribution in [0.4, 0.5) is 0 Å². The molecule has 1 aliphatic carbocycles. The molecule has 0 nitrogen and oxygen atoms in total. The van der Waals surface area contributed by atoms with E-state index in [-0.39, 0.29) is 0 Å². The van der Waals surface area contributed by atoms with E-state index in [4.69, 9.17) is 0 Å². The zero-order valence-electron chi connectivity index (χ0n) is 9.99. The quantitative estimate of drug-likeness (QED) is 0.736. The molecule has 1 aromatic rings. The van der Waals surface area contributed by atoms with E-state index in [0.717, 1.165) is 12.8 Å². The maximum Gasteiger partial charge on any atom is -0.00881 e. The average Bonchev–Trinajstić information content (AvgIpc) is 2.79. The lowest BCUT2D eigenvalue weighted by molar-refractivity contribution is 0.980. The van der Waals surface area contributed by atoms with E-state index >= 15 is 0 Å². The Balaban J connectivity index is 2.11. The third-order valence-electron chi connectivity index (χ3n) is 3.13. The molecule has 2 rings (SSSR count). The van der Waals surface area contributed by atoms with Crippen LogP contribution in [0.5, 0.6) is 0 Å². The molecular formula is C15H18S. The Morgan fingerprint density at radius 2 is 2.31 bits per heavy atom. The second kappa shape index (κ2) is 5.40. The molecule has 0 atom stereocenters. The predicted octanol–water partition coefficient (Wildman–Crippen LogP) is 4.46. The Morgan fingerprint density at radius 3 is 3.06 bits per heavy atom. The van der Waals surface area contributed by atoms with Gasteiger partial charge in [-0.25, -0.2) is 0 Å². The molecule has 0 aromatic heterocycles. The number of hydrogen-bond acceptors (Lipinski definition) is 1. The molecule has 0 spiro atoms. The number of benzene rings is 1. The molecule has 0 saturated heterocycles. The highest BCUT2D eigenvalue weighted by Crippen LogP contribution is 2.26. The second-order valence-corrected chi connectivity index (χ2v) is 4.99. The molecule has 0 radical (unpaired) electrons. The minimum Gasteiger partial charge on any atom is -0.134 e. The van der Waals surface area contributed by atoms with Crippen molar-refractivity contribution in [1.29, 1.82) is 0 Å². The Morgan fingerprint density at radius 1 is 1.44 bits per heavy atom. The van der Waals surface area contributed by atoms with Gasteiger partial charge in [-0.3, -0.25) is 0 Å². The Bertz CT molecular complexity index is 427. The van der Waals surface area contributed by atoms with Crippen molar-refractivity contribution in [1.82, 2.24) is 0 Å². The van der Waals surface area contributed by atoms with Gasteiger partial charge in [0, 0.05) is 0 Å². The number of rotatable bonds is 4. The van der Waals surface area contributed by atoms with Gasteiger partial charge in [0.2, 0.25) is 0 Å². The van der Waals surface area contributed by atoms with Gasteiger partial charge in [0.05, 0.1) is 0 Å². The number of allylic oxidation sites excluding steroid dienone is 3. The van der Waals surface area contributed by atoms with E-state index < -0.39 is 0 Å². The zero-order chi connectivity index (χ0) is 11.4. The first kappa shape index (κ1) is 11.5. The van der Waals surface area contributed by atoms with Crippen molar-refractivity contribution < 1.29 is 0 Å². The van der Waals surface area contributed by atoms with Gasteiger partial charge >= 0.3 is 0 Å². The van der Waals surface area contributed by atoms with Crippen LogP contribution in [0, 0.1) is 0 Å². The van der Waals surface area contributed by atoms with Crippen molar-refractivity contribution in [3.05, 3.63) is 51.9 Å². The van der Waals surface area contributed by atoms with Gasteiger partial charge in [0.1, 0.15) is 0 Å². The molecule has 1 heteroatoms. The summed E-state index contributed by atoms with van der Waals surface area (Å²) >= 11 is 1.87. The maximum atomic E-state index is 2.28. The molecule has 1 aliphatic rings. The Kier molecular flexibility index (Phi) is 3.89. The van der Waals surface area contributed by atoms with Crippen LogP contribution in [0.1, 0.15) is 30.0 Å². The topological polar surface area (TPSA) is 0 Å². The van der Waals surface area contributed by atoms with Crippen molar-refractivity contribution in [2.24, 2.45) is 0 Å². The summed E-state index contributed by atoms with van der Waals surface area (Å²) in [6.45, 7) is 2.13. The first-order chi connectivity index (χ1) is 7.85. The lowest BCUT2D eigenvalue weighted by Gasteiger charge is -2.08. The molecule has 0 saturated carbocycles. The van der Waals surface area contributed by atoms with Crippen LogP contribution in [-0.4, -0.2) is 6.26 Å². The molecular weight excluding hydrogens is 212 g/mol. The van der Waals surface area contributed by atoms with Gasteiger partial charge in [-0.1, -0.05) is 36.4 Å². The van der Waals surface area contributed by atoms with E-state index in [1.165, 1.54) is 28.0 Å².